The van der Waals surface area contributed by atoms with Crippen molar-refractivity contribution in [2.75, 3.05) is 30.8 Å². The molecule has 0 aliphatic carbocycles. The number of piperidine rings is 1. The fourth-order valence-corrected chi connectivity index (χ4v) is 3.18. The van der Waals surface area contributed by atoms with Gasteiger partial charge in [0.25, 0.3) is 0 Å². The Kier molecular flexibility index (Phi) is 5.08. The summed E-state index contributed by atoms with van der Waals surface area (Å²) in [6.45, 7) is 2.17. The summed E-state index contributed by atoms with van der Waals surface area (Å²) >= 11 is 1.80. The molecule has 1 aromatic rings. The predicted octanol–water partition coefficient (Wildman–Crippen LogP) is 2.13. The van der Waals surface area contributed by atoms with Crippen LogP contribution in [0.2, 0.25) is 0 Å². The van der Waals surface area contributed by atoms with Gasteiger partial charge in [-0.15, -0.1) is 11.8 Å². The Morgan fingerprint density at radius 2 is 2.00 bits per heavy atom. The van der Waals surface area contributed by atoms with E-state index in [2.05, 4.69) is 5.32 Å². The lowest BCUT2D eigenvalue weighted by atomic mass is 10.2. The highest BCUT2D eigenvalue weighted by Crippen LogP contribution is 2.21. The quantitative estimate of drug-likeness (QED) is 0.904. The minimum Gasteiger partial charge on any atom is -0.317 e. The van der Waals surface area contributed by atoms with Crippen molar-refractivity contribution in [2.24, 2.45) is 0 Å². The van der Waals surface area contributed by atoms with Crippen molar-refractivity contribution in [1.29, 1.82) is 0 Å². The third kappa shape index (κ3) is 3.75. The first-order valence-electron chi connectivity index (χ1n) is 6.41. The monoisotopic (exact) mass is 264 g/mol. The van der Waals surface area contributed by atoms with E-state index in [9.17, 15) is 4.79 Å². The van der Waals surface area contributed by atoms with E-state index in [-0.39, 0.29) is 5.91 Å². The van der Waals surface area contributed by atoms with Crippen molar-refractivity contribution in [1.82, 2.24) is 5.32 Å². The summed E-state index contributed by atoms with van der Waals surface area (Å²) in [5.74, 6) is 0.764. The molecule has 0 saturated carbocycles. The first kappa shape index (κ1) is 13.4. The van der Waals surface area contributed by atoms with Crippen LogP contribution >= 0.6 is 11.8 Å². The number of amides is 1. The molecule has 1 amide bonds. The van der Waals surface area contributed by atoms with Gasteiger partial charge in [0.05, 0.1) is 5.75 Å². The molecular weight excluding hydrogens is 244 g/mol. The molecule has 0 radical (unpaired) electrons. The zero-order chi connectivity index (χ0) is 12.8. The van der Waals surface area contributed by atoms with Crippen molar-refractivity contribution in [2.45, 2.75) is 18.1 Å². The number of thioether (sulfide) groups is 1. The van der Waals surface area contributed by atoms with Crippen molar-refractivity contribution in [3.8, 4) is 0 Å². The third-order valence-corrected chi connectivity index (χ3v) is 4.60. The van der Waals surface area contributed by atoms with Gasteiger partial charge < -0.3 is 10.2 Å². The molecule has 1 saturated heterocycles. The van der Waals surface area contributed by atoms with Gasteiger partial charge in [-0.1, -0.05) is 18.2 Å². The summed E-state index contributed by atoms with van der Waals surface area (Å²) in [5.41, 5.74) is 0.966. The van der Waals surface area contributed by atoms with Crippen LogP contribution in [0, 0.1) is 0 Å². The van der Waals surface area contributed by atoms with Gasteiger partial charge in [-0.3, -0.25) is 4.79 Å². The van der Waals surface area contributed by atoms with E-state index in [1.165, 1.54) is 12.8 Å². The topological polar surface area (TPSA) is 32.3 Å². The van der Waals surface area contributed by atoms with Crippen LogP contribution in [-0.4, -0.2) is 37.0 Å². The predicted molar refractivity (Wildman–Crippen MR) is 78.2 cm³/mol. The standard InChI is InChI=1S/C14H20N2OS/c1-16(12-5-3-2-4-6-12)14(17)11-18-13-7-9-15-10-8-13/h2-6,13,15H,7-11H2,1H3. The first-order chi connectivity index (χ1) is 8.77. The molecule has 0 aromatic heterocycles. The van der Waals surface area contributed by atoms with Gasteiger partial charge in [0.15, 0.2) is 0 Å². The number of anilines is 1. The Morgan fingerprint density at radius 1 is 1.33 bits per heavy atom. The second-order valence-corrected chi connectivity index (χ2v) is 5.84. The molecule has 0 atom stereocenters. The fraction of sp³-hybridized carbons (Fsp3) is 0.500. The summed E-state index contributed by atoms with van der Waals surface area (Å²) in [4.78, 5) is 13.8. The molecule has 0 bridgehead atoms. The van der Waals surface area contributed by atoms with E-state index in [0.717, 1.165) is 18.8 Å². The van der Waals surface area contributed by atoms with Crippen molar-refractivity contribution in [3.63, 3.8) is 0 Å². The van der Waals surface area contributed by atoms with Crippen LogP contribution in [0.1, 0.15) is 12.8 Å². The Balaban J connectivity index is 1.80. The second kappa shape index (κ2) is 6.81. The number of hydrogen-bond donors (Lipinski definition) is 1. The average Bonchev–Trinajstić information content (AvgIpc) is 2.46. The van der Waals surface area contributed by atoms with Crippen LogP contribution in [0.4, 0.5) is 5.69 Å². The van der Waals surface area contributed by atoms with Crippen LogP contribution in [0.5, 0.6) is 0 Å². The second-order valence-electron chi connectivity index (χ2n) is 4.55. The molecule has 2 rings (SSSR count). The number of hydrogen-bond acceptors (Lipinski definition) is 3. The average molecular weight is 264 g/mol. The molecule has 3 nitrogen and oxygen atoms in total. The molecule has 1 heterocycles. The number of nitrogens with one attached hydrogen (secondary N) is 1. The van der Waals surface area contributed by atoms with Crippen molar-refractivity contribution < 1.29 is 4.79 Å². The fourth-order valence-electron chi connectivity index (χ4n) is 2.04. The van der Waals surface area contributed by atoms with Gasteiger partial charge >= 0.3 is 0 Å². The zero-order valence-electron chi connectivity index (χ0n) is 10.8. The number of carbonyl (C=O) groups excluding carboxylic acids is 1. The molecule has 1 aromatic carbocycles. The number of para-hydroxylation sites is 1. The highest BCUT2D eigenvalue weighted by Gasteiger charge is 2.17. The van der Waals surface area contributed by atoms with Gasteiger partial charge in [-0.2, -0.15) is 0 Å². The Bertz CT molecular complexity index is 377. The summed E-state index contributed by atoms with van der Waals surface area (Å²) in [6, 6.07) is 9.81. The summed E-state index contributed by atoms with van der Waals surface area (Å²) in [7, 11) is 1.85. The number of benzene rings is 1. The van der Waals surface area contributed by atoms with Gasteiger partial charge in [-0.05, 0) is 38.1 Å². The molecule has 0 unspecified atom stereocenters. The smallest absolute Gasteiger partial charge is 0.236 e. The molecule has 1 aliphatic rings. The first-order valence-corrected chi connectivity index (χ1v) is 7.46. The van der Waals surface area contributed by atoms with Crippen LogP contribution in [0.15, 0.2) is 30.3 Å². The van der Waals surface area contributed by atoms with E-state index in [1.807, 2.05) is 37.4 Å². The number of carbonyl (C=O) groups is 1. The number of nitrogens with zero attached hydrogens (tertiary/aromatic N) is 1. The van der Waals surface area contributed by atoms with Crippen LogP contribution in [-0.2, 0) is 4.79 Å². The van der Waals surface area contributed by atoms with Crippen molar-refractivity contribution >= 4 is 23.4 Å². The molecule has 18 heavy (non-hydrogen) atoms. The minimum atomic E-state index is 0.185. The maximum Gasteiger partial charge on any atom is 0.236 e. The Labute approximate surface area is 113 Å². The molecule has 1 aliphatic heterocycles. The van der Waals surface area contributed by atoms with E-state index in [0.29, 0.717) is 11.0 Å². The zero-order valence-corrected chi connectivity index (χ0v) is 11.6. The minimum absolute atomic E-state index is 0.185. The molecular formula is C14H20N2OS. The Morgan fingerprint density at radius 3 is 2.67 bits per heavy atom. The lowest BCUT2D eigenvalue weighted by Crippen LogP contribution is -2.32. The maximum atomic E-state index is 12.1. The van der Waals surface area contributed by atoms with E-state index < -0.39 is 0 Å². The molecule has 0 spiro atoms. The van der Waals surface area contributed by atoms with Gasteiger partial charge in [0, 0.05) is 18.0 Å². The highest BCUT2D eigenvalue weighted by atomic mass is 32.2. The van der Waals surface area contributed by atoms with Crippen LogP contribution < -0.4 is 10.2 Å². The summed E-state index contributed by atoms with van der Waals surface area (Å²) in [6.07, 6.45) is 2.35. The largest absolute Gasteiger partial charge is 0.317 e. The van der Waals surface area contributed by atoms with Crippen LogP contribution in [0.25, 0.3) is 0 Å². The van der Waals surface area contributed by atoms with Gasteiger partial charge in [0.1, 0.15) is 0 Å². The Hall–Kier alpha value is -1.00. The van der Waals surface area contributed by atoms with E-state index in [1.54, 1.807) is 16.7 Å². The number of rotatable bonds is 4. The normalized spacial score (nSPS) is 16.5. The van der Waals surface area contributed by atoms with E-state index in [4.69, 9.17) is 0 Å². The third-order valence-electron chi connectivity index (χ3n) is 3.25. The lowest BCUT2D eigenvalue weighted by molar-refractivity contribution is -0.115. The van der Waals surface area contributed by atoms with Crippen LogP contribution in [0.3, 0.4) is 0 Å². The highest BCUT2D eigenvalue weighted by molar-refractivity contribution is 8.00. The molecule has 4 heteroatoms. The SMILES string of the molecule is CN(C(=O)CSC1CCNCC1)c1ccccc1. The lowest BCUT2D eigenvalue weighted by Gasteiger charge is -2.23. The van der Waals surface area contributed by atoms with Gasteiger partial charge in [0.2, 0.25) is 5.91 Å². The molecule has 1 N–H and O–H groups in total. The van der Waals surface area contributed by atoms with Crippen molar-refractivity contribution in [3.05, 3.63) is 30.3 Å². The maximum absolute atomic E-state index is 12.1. The molecule has 1 fully saturated rings. The summed E-state index contributed by atoms with van der Waals surface area (Å²) < 4.78 is 0. The van der Waals surface area contributed by atoms with Gasteiger partial charge in [-0.25, -0.2) is 0 Å². The van der Waals surface area contributed by atoms with E-state index >= 15 is 0 Å². The summed E-state index contributed by atoms with van der Waals surface area (Å²) in [5, 5.41) is 3.98. The molecule has 98 valence electrons.